The zero-order valence-electron chi connectivity index (χ0n) is 10.1. The van der Waals surface area contributed by atoms with Crippen molar-refractivity contribution < 1.29 is 24.0 Å². The van der Waals surface area contributed by atoms with E-state index in [-0.39, 0.29) is 10.8 Å². The molecule has 1 aromatic carbocycles. The number of nitrogens with zero attached hydrogens (tertiary/aromatic N) is 2. The highest BCUT2D eigenvalue weighted by Crippen LogP contribution is 2.34. The molecule has 0 aliphatic carbocycles. The number of carbonyl (C=O) groups is 1. The number of hydrogen-bond acceptors (Lipinski definition) is 5. The molecule has 0 unspecified atom stereocenters. The molecule has 0 radical (unpaired) electrons. The summed E-state index contributed by atoms with van der Waals surface area (Å²) in [6.45, 7) is 0. The van der Waals surface area contributed by atoms with Crippen LogP contribution in [0.25, 0.3) is 0 Å². The second-order valence-electron chi connectivity index (χ2n) is 3.75. The highest BCUT2D eigenvalue weighted by Gasteiger charge is 2.21. The number of halogens is 2. The van der Waals surface area contributed by atoms with Crippen LogP contribution in [0.4, 0.5) is 10.1 Å². The highest BCUT2D eigenvalue weighted by molar-refractivity contribution is 6.30. The summed E-state index contributed by atoms with van der Waals surface area (Å²) < 4.78 is 18.9. The monoisotopic (exact) mass is 312 g/mol. The van der Waals surface area contributed by atoms with Gasteiger partial charge in [-0.3, -0.25) is 10.1 Å². The first kappa shape index (κ1) is 14.7. The fourth-order valence-corrected chi connectivity index (χ4v) is 1.65. The minimum atomic E-state index is -1.51. The largest absolute Gasteiger partial charge is 0.478 e. The smallest absolute Gasteiger partial charge is 0.338 e. The second kappa shape index (κ2) is 5.71. The van der Waals surface area contributed by atoms with Gasteiger partial charge in [-0.25, -0.2) is 14.2 Å². The molecule has 0 saturated heterocycles. The van der Waals surface area contributed by atoms with Gasteiger partial charge in [0, 0.05) is 23.4 Å². The first-order valence-corrected chi connectivity index (χ1v) is 5.77. The number of carboxylic acids is 1. The molecule has 0 fully saturated rings. The van der Waals surface area contributed by atoms with Crippen LogP contribution in [0, 0.1) is 15.9 Å². The van der Waals surface area contributed by atoms with E-state index in [9.17, 15) is 19.3 Å². The molecule has 21 heavy (non-hydrogen) atoms. The Hall–Kier alpha value is -2.74. The van der Waals surface area contributed by atoms with Crippen LogP contribution in [0.15, 0.2) is 30.5 Å². The fraction of sp³-hybridized carbons (Fsp3) is 0. The van der Waals surface area contributed by atoms with Gasteiger partial charge in [-0.15, -0.1) is 0 Å². The Labute approximate surface area is 121 Å². The fourth-order valence-electron chi connectivity index (χ4n) is 1.49. The number of aromatic nitrogens is 1. The molecule has 0 amide bonds. The van der Waals surface area contributed by atoms with E-state index in [0.29, 0.717) is 0 Å². The lowest BCUT2D eigenvalue weighted by atomic mass is 10.2. The van der Waals surface area contributed by atoms with Crippen LogP contribution in [0.5, 0.6) is 11.6 Å². The maximum Gasteiger partial charge on any atom is 0.338 e. The zero-order valence-corrected chi connectivity index (χ0v) is 10.9. The normalized spacial score (nSPS) is 10.2. The summed E-state index contributed by atoms with van der Waals surface area (Å²) in [5.74, 6) is -3.79. The predicted octanol–water partition coefficient (Wildman–Crippen LogP) is 3.27. The molecule has 1 heterocycles. The van der Waals surface area contributed by atoms with Crippen LogP contribution < -0.4 is 4.74 Å². The molecule has 0 bridgehead atoms. The van der Waals surface area contributed by atoms with Crippen molar-refractivity contribution >= 4 is 23.3 Å². The van der Waals surface area contributed by atoms with Crippen molar-refractivity contribution in [3.63, 3.8) is 0 Å². The van der Waals surface area contributed by atoms with Crippen molar-refractivity contribution in [1.82, 2.24) is 4.98 Å². The number of rotatable bonds is 4. The van der Waals surface area contributed by atoms with Gasteiger partial charge in [-0.1, -0.05) is 11.6 Å². The summed E-state index contributed by atoms with van der Waals surface area (Å²) in [4.78, 5) is 24.4. The zero-order chi connectivity index (χ0) is 15.6. The Balaban J connectivity index is 2.48. The van der Waals surface area contributed by atoms with Crippen LogP contribution in [-0.4, -0.2) is 21.0 Å². The molecule has 2 aromatic rings. The lowest BCUT2D eigenvalue weighted by molar-refractivity contribution is -0.385. The summed E-state index contributed by atoms with van der Waals surface area (Å²) in [5.41, 5.74) is -1.12. The maximum absolute atomic E-state index is 13.9. The third kappa shape index (κ3) is 3.06. The Bertz CT molecular complexity index is 738. The number of benzene rings is 1. The number of carboxylic acid groups (broad SMARTS) is 1. The molecule has 2 rings (SSSR count). The standard InChI is InChI=1S/C12H6ClFN2O5/c13-6-1-2-8(16(19)20)9(5-6)21-11-10(14)7(12(17)18)3-4-15-11/h1-5H,(H,17,18). The average molecular weight is 313 g/mol. The van der Waals surface area contributed by atoms with Crippen molar-refractivity contribution in [3.05, 3.63) is 57.0 Å². The topological polar surface area (TPSA) is 103 Å². The van der Waals surface area contributed by atoms with Crippen molar-refractivity contribution in [1.29, 1.82) is 0 Å². The van der Waals surface area contributed by atoms with Crippen molar-refractivity contribution in [3.8, 4) is 11.6 Å². The molecule has 108 valence electrons. The van der Waals surface area contributed by atoms with Crippen LogP contribution in [0.2, 0.25) is 5.02 Å². The average Bonchev–Trinajstić information content (AvgIpc) is 2.40. The summed E-state index contributed by atoms with van der Waals surface area (Å²) in [6.07, 6.45) is 1.01. The quantitative estimate of drug-likeness (QED) is 0.686. The molecule has 9 heteroatoms. The Morgan fingerprint density at radius 2 is 2.14 bits per heavy atom. The minimum absolute atomic E-state index is 0.130. The van der Waals surface area contributed by atoms with E-state index in [1.807, 2.05) is 0 Å². The molecular weight excluding hydrogens is 307 g/mol. The first-order chi connectivity index (χ1) is 9.90. The van der Waals surface area contributed by atoms with Crippen LogP contribution in [0.3, 0.4) is 0 Å². The van der Waals surface area contributed by atoms with Gasteiger partial charge in [0.05, 0.1) is 4.92 Å². The summed E-state index contributed by atoms with van der Waals surface area (Å²) in [6, 6.07) is 4.39. The third-order valence-electron chi connectivity index (χ3n) is 2.41. The number of aromatic carboxylic acids is 1. The highest BCUT2D eigenvalue weighted by atomic mass is 35.5. The van der Waals surface area contributed by atoms with E-state index in [0.717, 1.165) is 24.4 Å². The van der Waals surface area contributed by atoms with E-state index < -0.39 is 33.8 Å². The SMILES string of the molecule is O=C(O)c1ccnc(Oc2cc(Cl)ccc2[N+](=O)[O-])c1F. The number of ether oxygens (including phenoxy) is 1. The Morgan fingerprint density at radius 3 is 2.76 bits per heavy atom. The van der Waals surface area contributed by atoms with Crippen molar-refractivity contribution in [2.24, 2.45) is 0 Å². The van der Waals surface area contributed by atoms with Gasteiger partial charge in [0.15, 0.2) is 5.82 Å². The predicted molar refractivity (Wildman–Crippen MR) is 69.3 cm³/mol. The van der Waals surface area contributed by atoms with Crippen molar-refractivity contribution in [2.45, 2.75) is 0 Å². The molecule has 0 aliphatic heterocycles. The summed E-state index contributed by atoms with van der Waals surface area (Å²) in [5, 5.41) is 19.8. The van der Waals surface area contributed by atoms with E-state index in [1.165, 1.54) is 6.07 Å². The van der Waals surface area contributed by atoms with Gasteiger partial charge >= 0.3 is 11.7 Å². The Morgan fingerprint density at radius 1 is 1.43 bits per heavy atom. The van der Waals surface area contributed by atoms with Crippen LogP contribution in [-0.2, 0) is 0 Å². The maximum atomic E-state index is 13.9. The van der Waals surface area contributed by atoms with Gasteiger partial charge in [-0.2, -0.15) is 0 Å². The summed E-state index contributed by atoms with van der Waals surface area (Å²) >= 11 is 5.70. The van der Waals surface area contributed by atoms with E-state index >= 15 is 0 Å². The number of nitro groups is 1. The molecular formula is C12H6ClFN2O5. The molecule has 1 aromatic heterocycles. The number of pyridine rings is 1. The van der Waals surface area contributed by atoms with Gasteiger partial charge in [0.25, 0.3) is 5.88 Å². The Kier molecular flexibility index (Phi) is 3.99. The molecule has 7 nitrogen and oxygen atoms in total. The van der Waals surface area contributed by atoms with Crippen molar-refractivity contribution in [2.75, 3.05) is 0 Å². The number of nitro benzene ring substituents is 1. The van der Waals surface area contributed by atoms with Gasteiger partial charge in [-0.05, 0) is 12.1 Å². The summed E-state index contributed by atoms with van der Waals surface area (Å²) in [7, 11) is 0. The third-order valence-corrected chi connectivity index (χ3v) is 2.65. The van der Waals surface area contributed by atoms with E-state index in [2.05, 4.69) is 4.98 Å². The van der Waals surface area contributed by atoms with E-state index in [4.69, 9.17) is 21.4 Å². The molecule has 0 spiro atoms. The minimum Gasteiger partial charge on any atom is -0.478 e. The molecule has 0 aliphatic rings. The molecule has 0 saturated carbocycles. The lowest BCUT2D eigenvalue weighted by Gasteiger charge is -2.07. The second-order valence-corrected chi connectivity index (χ2v) is 4.19. The number of hydrogen-bond donors (Lipinski definition) is 1. The van der Waals surface area contributed by atoms with Gasteiger partial charge < -0.3 is 9.84 Å². The first-order valence-electron chi connectivity index (χ1n) is 5.39. The lowest BCUT2D eigenvalue weighted by Crippen LogP contribution is -2.04. The van der Waals surface area contributed by atoms with Crippen LogP contribution >= 0.6 is 11.6 Å². The van der Waals surface area contributed by atoms with Gasteiger partial charge in [0.2, 0.25) is 5.75 Å². The molecule has 0 atom stereocenters. The van der Waals surface area contributed by atoms with Gasteiger partial charge in [0.1, 0.15) is 5.56 Å². The molecule has 1 N–H and O–H groups in total. The van der Waals surface area contributed by atoms with Crippen LogP contribution in [0.1, 0.15) is 10.4 Å². The van der Waals surface area contributed by atoms with E-state index in [1.54, 1.807) is 0 Å².